The lowest BCUT2D eigenvalue weighted by molar-refractivity contribution is -0.136. The van der Waals surface area contributed by atoms with Crippen molar-refractivity contribution in [3.8, 4) is 0 Å². The lowest BCUT2D eigenvalue weighted by Crippen LogP contribution is -1.95. The molecule has 0 aromatic carbocycles. The molecule has 0 saturated carbocycles. The molecular formula is C6H9BrO2. The zero-order valence-electron chi connectivity index (χ0n) is 5.48. The highest BCUT2D eigenvalue weighted by atomic mass is 79.9. The zero-order valence-corrected chi connectivity index (χ0v) is 7.06. The van der Waals surface area contributed by atoms with Crippen LogP contribution in [0.5, 0.6) is 0 Å². The van der Waals surface area contributed by atoms with Crippen LogP contribution in [0.2, 0.25) is 0 Å². The highest BCUT2D eigenvalue weighted by molar-refractivity contribution is 9.09. The van der Waals surface area contributed by atoms with Crippen molar-refractivity contribution in [3.05, 3.63) is 11.8 Å². The van der Waals surface area contributed by atoms with Gasteiger partial charge in [-0.1, -0.05) is 15.9 Å². The molecule has 0 fully saturated rings. The third kappa shape index (κ3) is 5.56. The molecule has 0 saturated heterocycles. The predicted molar refractivity (Wildman–Crippen MR) is 39.3 cm³/mol. The largest absolute Gasteiger partial charge is 0.432 e. The topological polar surface area (TPSA) is 26.3 Å². The van der Waals surface area contributed by atoms with Gasteiger partial charge in [0.2, 0.25) is 0 Å². The van der Waals surface area contributed by atoms with Gasteiger partial charge in [-0.15, -0.1) is 0 Å². The van der Waals surface area contributed by atoms with Gasteiger partial charge in [-0.25, -0.2) is 0 Å². The van der Waals surface area contributed by atoms with E-state index in [9.17, 15) is 4.79 Å². The van der Waals surface area contributed by atoms with Crippen LogP contribution in [0, 0.1) is 0 Å². The van der Waals surface area contributed by atoms with Crippen molar-refractivity contribution >= 4 is 21.9 Å². The Bertz CT molecular complexity index is 129. The fraction of sp³-hybridized carbons (Fsp3) is 0.500. The second kappa shape index (κ2) is 4.56. The average Bonchev–Trinajstić information content (AvgIpc) is 1.63. The molecule has 0 amide bonds. The lowest BCUT2D eigenvalue weighted by Gasteiger charge is -1.97. The first-order chi connectivity index (χ1) is 4.16. The van der Waals surface area contributed by atoms with E-state index in [0.29, 0.717) is 11.1 Å². The number of halogens is 1. The fourth-order valence-electron chi connectivity index (χ4n) is 0.377. The molecule has 2 nitrogen and oxygen atoms in total. The molecule has 0 aliphatic heterocycles. The maximum atomic E-state index is 10.3. The van der Waals surface area contributed by atoms with Crippen LogP contribution in [0.3, 0.4) is 0 Å². The molecule has 3 heteroatoms. The molecule has 0 unspecified atom stereocenters. The van der Waals surface area contributed by atoms with Crippen LogP contribution in [0.25, 0.3) is 0 Å². The molecule has 0 rings (SSSR count). The molecule has 0 spiro atoms. The molecule has 0 N–H and O–H groups in total. The number of esters is 1. The number of carbonyl (C=O) groups is 1. The van der Waals surface area contributed by atoms with Gasteiger partial charge in [0.1, 0.15) is 5.76 Å². The monoisotopic (exact) mass is 192 g/mol. The second-order valence-corrected chi connectivity index (χ2v) is 2.21. The molecular weight excluding hydrogens is 184 g/mol. The summed E-state index contributed by atoms with van der Waals surface area (Å²) in [6.45, 7) is 3.12. The third-order valence-corrected chi connectivity index (χ3v) is 0.993. The Kier molecular flexibility index (Phi) is 4.40. The summed E-state index contributed by atoms with van der Waals surface area (Å²) in [5, 5.41) is 0.714. The first kappa shape index (κ1) is 8.69. The van der Waals surface area contributed by atoms with E-state index in [1.807, 2.05) is 0 Å². The summed E-state index contributed by atoms with van der Waals surface area (Å²) in [5.41, 5.74) is 0. The molecule has 0 atom stereocenters. The first-order valence-electron chi connectivity index (χ1n) is 2.58. The minimum absolute atomic E-state index is 0.273. The normalized spacial score (nSPS) is 11.2. The van der Waals surface area contributed by atoms with E-state index in [4.69, 9.17) is 0 Å². The van der Waals surface area contributed by atoms with Crippen LogP contribution in [0.1, 0.15) is 13.8 Å². The van der Waals surface area contributed by atoms with Gasteiger partial charge in [0.15, 0.2) is 0 Å². The lowest BCUT2D eigenvalue weighted by atomic mass is 10.5. The van der Waals surface area contributed by atoms with Gasteiger partial charge in [0.25, 0.3) is 0 Å². The summed E-state index contributed by atoms with van der Waals surface area (Å²) >= 11 is 3.17. The predicted octanol–water partition coefficient (Wildman–Crippen LogP) is 1.85. The van der Waals surface area contributed by atoms with Crippen LogP contribution in [-0.4, -0.2) is 11.3 Å². The summed E-state index contributed by atoms with van der Waals surface area (Å²) in [4.78, 5) is 10.3. The first-order valence-corrected chi connectivity index (χ1v) is 3.70. The van der Waals surface area contributed by atoms with E-state index in [2.05, 4.69) is 20.7 Å². The van der Waals surface area contributed by atoms with Gasteiger partial charge in [-0.3, -0.25) is 4.79 Å². The summed E-state index contributed by atoms with van der Waals surface area (Å²) in [7, 11) is 0. The molecule has 52 valence electrons. The van der Waals surface area contributed by atoms with Gasteiger partial charge < -0.3 is 4.74 Å². The summed E-state index contributed by atoms with van der Waals surface area (Å²) in [6, 6.07) is 0. The highest BCUT2D eigenvalue weighted by Crippen LogP contribution is 1.96. The maximum Gasteiger partial charge on any atom is 0.307 e. The number of rotatable bonds is 2. The van der Waals surface area contributed by atoms with E-state index in [0.717, 1.165) is 0 Å². The number of carbonyl (C=O) groups excluding carboxylic acids is 1. The molecule has 0 heterocycles. The smallest absolute Gasteiger partial charge is 0.307 e. The highest BCUT2D eigenvalue weighted by Gasteiger charge is 1.91. The zero-order chi connectivity index (χ0) is 7.28. The van der Waals surface area contributed by atoms with Crippen molar-refractivity contribution < 1.29 is 9.53 Å². The Labute approximate surface area is 63.0 Å². The molecule has 0 aliphatic carbocycles. The number of hydrogen-bond donors (Lipinski definition) is 0. The van der Waals surface area contributed by atoms with E-state index in [-0.39, 0.29) is 5.97 Å². The molecule has 0 bridgehead atoms. The average molecular weight is 193 g/mol. The van der Waals surface area contributed by atoms with Crippen LogP contribution in [-0.2, 0) is 9.53 Å². The minimum Gasteiger partial charge on any atom is -0.432 e. The Morgan fingerprint density at radius 3 is 2.56 bits per heavy atom. The number of ether oxygens (including phenoxy) is 1. The summed E-state index contributed by atoms with van der Waals surface area (Å²) < 4.78 is 4.68. The van der Waals surface area contributed by atoms with Crippen LogP contribution in [0.15, 0.2) is 11.8 Å². The van der Waals surface area contributed by atoms with Crippen molar-refractivity contribution in [2.24, 2.45) is 0 Å². The Balaban J connectivity index is 3.62. The quantitative estimate of drug-likeness (QED) is 0.380. The van der Waals surface area contributed by atoms with Gasteiger partial charge in [-0.05, 0) is 13.0 Å². The van der Waals surface area contributed by atoms with Crippen molar-refractivity contribution in [1.29, 1.82) is 0 Å². The Morgan fingerprint density at radius 1 is 1.67 bits per heavy atom. The van der Waals surface area contributed by atoms with Gasteiger partial charge in [-0.2, -0.15) is 0 Å². The SMILES string of the molecule is CC(=O)O/C(C)=C/CBr. The van der Waals surface area contributed by atoms with E-state index in [1.54, 1.807) is 13.0 Å². The van der Waals surface area contributed by atoms with Crippen molar-refractivity contribution in [3.63, 3.8) is 0 Å². The fourth-order valence-corrected chi connectivity index (χ4v) is 0.833. The third-order valence-electron chi connectivity index (χ3n) is 0.669. The standard InChI is InChI=1S/C6H9BrO2/c1-5(3-4-7)9-6(2)8/h3H,4H2,1-2H3/b5-3+. The van der Waals surface area contributed by atoms with Crippen molar-refractivity contribution in [2.75, 3.05) is 5.33 Å². The van der Waals surface area contributed by atoms with E-state index in [1.165, 1.54) is 6.92 Å². The second-order valence-electron chi connectivity index (χ2n) is 1.56. The van der Waals surface area contributed by atoms with Crippen molar-refractivity contribution in [2.45, 2.75) is 13.8 Å². The Hall–Kier alpha value is -0.310. The molecule has 0 aromatic rings. The van der Waals surface area contributed by atoms with Gasteiger partial charge in [0.05, 0.1) is 0 Å². The summed E-state index contributed by atoms with van der Waals surface area (Å²) in [5.74, 6) is 0.365. The maximum absolute atomic E-state index is 10.3. The van der Waals surface area contributed by atoms with Crippen LogP contribution in [0.4, 0.5) is 0 Å². The van der Waals surface area contributed by atoms with Crippen LogP contribution >= 0.6 is 15.9 Å². The molecule has 0 aliphatic rings. The van der Waals surface area contributed by atoms with Gasteiger partial charge >= 0.3 is 5.97 Å². The summed E-state index contributed by atoms with van der Waals surface area (Å²) in [6.07, 6.45) is 1.78. The van der Waals surface area contributed by atoms with Gasteiger partial charge in [0, 0.05) is 12.3 Å². The van der Waals surface area contributed by atoms with Crippen molar-refractivity contribution in [1.82, 2.24) is 0 Å². The molecule has 0 radical (unpaired) electrons. The number of allylic oxidation sites excluding steroid dienone is 2. The number of hydrogen-bond acceptors (Lipinski definition) is 2. The van der Waals surface area contributed by atoms with E-state index >= 15 is 0 Å². The van der Waals surface area contributed by atoms with Crippen LogP contribution < -0.4 is 0 Å². The minimum atomic E-state index is -0.273. The molecule has 9 heavy (non-hydrogen) atoms. The Morgan fingerprint density at radius 2 is 2.22 bits per heavy atom. The molecule has 0 aromatic heterocycles. The van der Waals surface area contributed by atoms with E-state index < -0.39 is 0 Å². The number of alkyl halides is 1.